The molecule has 6 heteroatoms. The molecule has 0 saturated heterocycles. The van der Waals surface area contributed by atoms with Crippen LogP contribution in [0.1, 0.15) is 20.7 Å². The van der Waals surface area contributed by atoms with Gasteiger partial charge in [0.2, 0.25) is 5.75 Å². The zero-order valence-corrected chi connectivity index (χ0v) is 13.0. The molecule has 0 spiro atoms. The number of esters is 1. The van der Waals surface area contributed by atoms with Crippen LogP contribution in [-0.4, -0.2) is 33.6 Å². The fourth-order valence-electron chi connectivity index (χ4n) is 1.95. The Bertz CT molecular complexity index is 681. The van der Waals surface area contributed by atoms with Crippen molar-refractivity contribution in [3.05, 3.63) is 47.5 Å². The number of hydrogen-bond donors (Lipinski definition) is 0. The van der Waals surface area contributed by atoms with Crippen LogP contribution >= 0.6 is 0 Å². The second-order valence-electron chi connectivity index (χ2n) is 4.49. The summed E-state index contributed by atoms with van der Waals surface area (Å²) in [7, 11) is 4.36. The average molecular weight is 316 g/mol. The number of hydrogen-bond acceptors (Lipinski definition) is 6. The lowest BCUT2D eigenvalue weighted by molar-refractivity contribution is 0.0724. The Hall–Kier alpha value is -3.02. The van der Waals surface area contributed by atoms with Gasteiger partial charge in [0.05, 0.1) is 26.9 Å². The van der Waals surface area contributed by atoms with Crippen molar-refractivity contribution in [3.8, 4) is 23.0 Å². The van der Waals surface area contributed by atoms with Gasteiger partial charge in [-0.05, 0) is 36.4 Å². The minimum absolute atomic E-state index is 0.112. The summed E-state index contributed by atoms with van der Waals surface area (Å²) in [5.74, 6) is 0.623. The van der Waals surface area contributed by atoms with Gasteiger partial charge in [-0.1, -0.05) is 0 Å². The van der Waals surface area contributed by atoms with Gasteiger partial charge in [-0.15, -0.1) is 0 Å². The van der Waals surface area contributed by atoms with Crippen molar-refractivity contribution >= 4 is 12.3 Å². The molecule has 120 valence electrons. The molecule has 0 saturated carbocycles. The molecule has 0 radical (unpaired) electrons. The van der Waals surface area contributed by atoms with Crippen LogP contribution in [-0.2, 0) is 0 Å². The first kappa shape index (κ1) is 16.4. The molecule has 6 nitrogen and oxygen atoms in total. The van der Waals surface area contributed by atoms with Crippen LogP contribution in [0, 0.1) is 0 Å². The lowest BCUT2D eigenvalue weighted by Gasteiger charge is -2.14. The quantitative estimate of drug-likeness (QED) is 0.463. The summed E-state index contributed by atoms with van der Waals surface area (Å²) in [6.07, 6.45) is 0.653. The van der Waals surface area contributed by atoms with Crippen molar-refractivity contribution in [2.45, 2.75) is 0 Å². The molecule has 0 amide bonds. The average Bonchev–Trinajstić information content (AvgIpc) is 2.61. The molecule has 0 aliphatic rings. The molecule has 0 fully saturated rings. The lowest BCUT2D eigenvalue weighted by Crippen LogP contribution is -2.10. The minimum atomic E-state index is -0.580. The van der Waals surface area contributed by atoms with Gasteiger partial charge in [0.15, 0.2) is 11.5 Å². The Morgan fingerprint density at radius 2 is 1.48 bits per heavy atom. The second kappa shape index (κ2) is 7.31. The fraction of sp³-hybridized carbons (Fsp3) is 0.176. The van der Waals surface area contributed by atoms with Crippen LogP contribution < -0.4 is 18.9 Å². The van der Waals surface area contributed by atoms with Crippen molar-refractivity contribution in [2.75, 3.05) is 21.3 Å². The van der Waals surface area contributed by atoms with Crippen molar-refractivity contribution in [2.24, 2.45) is 0 Å². The monoisotopic (exact) mass is 316 g/mol. The van der Waals surface area contributed by atoms with Crippen LogP contribution in [0.5, 0.6) is 23.0 Å². The Labute approximate surface area is 133 Å². The first-order valence-electron chi connectivity index (χ1n) is 6.70. The molecule has 0 aliphatic heterocycles. The highest BCUT2D eigenvalue weighted by Crippen LogP contribution is 2.38. The number of carbonyl (C=O) groups is 2. The maximum atomic E-state index is 12.3. The second-order valence-corrected chi connectivity index (χ2v) is 4.49. The van der Waals surface area contributed by atoms with E-state index < -0.39 is 5.97 Å². The molecular formula is C17H16O6. The summed E-state index contributed by atoms with van der Waals surface area (Å²) in [6.45, 7) is 0. The first-order valence-corrected chi connectivity index (χ1v) is 6.70. The molecule has 0 aromatic heterocycles. The topological polar surface area (TPSA) is 71.1 Å². The standard InChI is InChI=1S/C17H16O6/c1-20-13-6-4-12(5-7-13)17(19)23-16-14(21-2)8-11(10-18)9-15(16)22-3/h4-10H,1-3H3. The molecule has 0 bridgehead atoms. The Morgan fingerprint density at radius 3 is 1.91 bits per heavy atom. The molecule has 2 aromatic carbocycles. The molecule has 0 atom stereocenters. The van der Waals surface area contributed by atoms with Gasteiger partial charge < -0.3 is 18.9 Å². The molecule has 0 unspecified atom stereocenters. The number of benzene rings is 2. The van der Waals surface area contributed by atoms with Gasteiger partial charge in [-0.25, -0.2) is 4.79 Å². The summed E-state index contributed by atoms with van der Waals surface area (Å²) in [6, 6.07) is 9.40. The van der Waals surface area contributed by atoms with Gasteiger partial charge >= 0.3 is 5.97 Å². The largest absolute Gasteiger partial charge is 0.497 e. The summed E-state index contributed by atoms with van der Waals surface area (Å²) in [5, 5.41) is 0. The van der Waals surface area contributed by atoms with Crippen LogP contribution in [0.3, 0.4) is 0 Å². The summed E-state index contributed by atoms with van der Waals surface area (Å²) < 4.78 is 20.7. The molecule has 23 heavy (non-hydrogen) atoms. The molecule has 0 N–H and O–H groups in total. The van der Waals surface area contributed by atoms with Gasteiger partial charge in [-0.3, -0.25) is 4.79 Å². The summed E-state index contributed by atoms with van der Waals surface area (Å²) in [4.78, 5) is 23.2. The van der Waals surface area contributed by atoms with Crippen LogP contribution in [0.25, 0.3) is 0 Å². The van der Waals surface area contributed by atoms with E-state index in [1.165, 1.54) is 33.5 Å². The number of aldehydes is 1. The van der Waals surface area contributed by atoms with E-state index in [-0.39, 0.29) is 17.2 Å². The highest BCUT2D eigenvalue weighted by Gasteiger charge is 2.18. The smallest absolute Gasteiger partial charge is 0.343 e. The fourth-order valence-corrected chi connectivity index (χ4v) is 1.95. The predicted octanol–water partition coefficient (Wildman–Crippen LogP) is 2.74. The van der Waals surface area contributed by atoms with Crippen molar-refractivity contribution < 1.29 is 28.5 Å². The van der Waals surface area contributed by atoms with E-state index in [4.69, 9.17) is 18.9 Å². The van der Waals surface area contributed by atoms with Crippen LogP contribution in [0.4, 0.5) is 0 Å². The zero-order chi connectivity index (χ0) is 16.8. The SMILES string of the molecule is COc1ccc(C(=O)Oc2c(OC)cc(C=O)cc2OC)cc1. The highest BCUT2D eigenvalue weighted by atomic mass is 16.6. The summed E-state index contributed by atoms with van der Waals surface area (Å²) in [5.41, 5.74) is 0.692. The number of methoxy groups -OCH3 is 3. The molecule has 0 heterocycles. The molecule has 0 aliphatic carbocycles. The predicted molar refractivity (Wildman–Crippen MR) is 82.9 cm³/mol. The van der Waals surface area contributed by atoms with E-state index in [0.29, 0.717) is 23.2 Å². The highest BCUT2D eigenvalue weighted by molar-refractivity contribution is 5.92. The Morgan fingerprint density at radius 1 is 0.913 bits per heavy atom. The van der Waals surface area contributed by atoms with Gasteiger partial charge in [0, 0.05) is 5.56 Å². The Kier molecular flexibility index (Phi) is 5.19. The van der Waals surface area contributed by atoms with Crippen LogP contribution in [0.2, 0.25) is 0 Å². The van der Waals surface area contributed by atoms with Crippen molar-refractivity contribution in [1.82, 2.24) is 0 Å². The molecule has 2 rings (SSSR count). The number of rotatable bonds is 6. The van der Waals surface area contributed by atoms with Gasteiger partial charge in [0.1, 0.15) is 12.0 Å². The maximum Gasteiger partial charge on any atom is 0.343 e. The van der Waals surface area contributed by atoms with E-state index in [0.717, 1.165) is 0 Å². The molecule has 2 aromatic rings. The number of ether oxygens (including phenoxy) is 4. The molecular weight excluding hydrogens is 300 g/mol. The van der Waals surface area contributed by atoms with E-state index in [2.05, 4.69) is 0 Å². The Balaban J connectivity index is 2.33. The maximum absolute atomic E-state index is 12.3. The van der Waals surface area contributed by atoms with Crippen molar-refractivity contribution in [1.29, 1.82) is 0 Å². The van der Waals surface area contributed by atoms with E-state index in [9.17, 15) is 9.59 Å². The van der Waals surface area contributed by atoms with Crippen LogP contribution in [0.15, 0.2) is 36.4 Å². The third-order valence-electron chi connectivity index (χ3n) is 3.14. The van der Waals surface area contributed by atoms with Crippen molar-refractivity contribution in [3.63, 3.8) is 0 Å². The first-order chi connectivity index (χ1) is 11.1. The summed E-state index contributed by atoms with van der Waals surface area (Å²) >= 11 is 0. The van der Waals surface area contributed by atoms with E-state index in [1.54, 1.807) is 24.3 Å². The third-order valence-corrected chi connectivity index (χ3v) is 3.14. The third kappa shape index (κ3) is 3.60. The van der Waals surface area contributed by atoms with Gasteiger partial charge in [0.25, 0.3) is 0 Å². The zero-order valence-electron chi connectivity index (χ0n) is 13.0. The van der Waals surface area contributed by atoms with Gasteiger partial charge in [-0.2, -0.15) is 0 Å². The number of carbonyl (C=O) groups excluding carboxylic acids is 2. The van der Waals surface area contributed by atoms with E-state index in [1.807, 2.05) is 0 Å². The van der Waals surface area contributed by atoms with E-state index >= 15 is 0 Å². The normalized spacial score (nSPS) is 9.87. The minimum Gasteiger partial charge on any atom is -0.497 e. The lowest BCUT2D eigenvalue weighted by atomic mass is 10.2.